The van der Waals surface area contributed by atoms with Crippen molar-refractivity contribution in [2.75, 3.05) is 18.4 Å². The second-order valence-electron chi connectivity index (χ2n) is 5.25. The van der Waals surface area contributed by atoms with E-state index in [-0.39, 0.29) is 17.7 Å². The average molecular weight is 295 g/mol. The molecule has 20 heavy (non-hydrogen) atoms. The molecule has 0 aromatic heterocycles. The van der Waals surface area contributed by atoms with Gasteiger partial charge < -0.3 is 10.2 Å². The molecule has 1 aliphatic rings. The fourth-order valence-electron chi connectivity index (χ4n) is 2.44. The van der Waals surface area contributed by atoms with E-state index in [0.29, 0.717) is 11.6 Å². The van der Waals surface area contributed by atoms with Crippen molar-refractivity contribution in [2.24, 2.45) is 5.92 Å². The van der Waals surface area contributed by atoms with Crippen molar-refractivity contribution in [2.45, 2.75) is 26.7 Å². The minimum atomic E-state index is -0.147. The van der Waals surface area contributed by atoms with Crippen molar-refractivity contribution in [1.82, 2.24) is 4.90 Å². The van der Waals surface area contributed by atoms with Gasteiger partial charge >= 0.3 is 0 Å². The highest BCUT2D eigenvalue weighted by Gasteiger charge is 2.27. The summed E-state index contributed by atoms with van der Waals surface area (Å²) in [7, 11) is 0. The van der Waals surface area contributed by atoms with Crippen molar-refractivity contribution in [3.63, 3.8) is 0 Å². The van der Waals surface area contributed by atoms with Gasteiger partial charge in [-0.05, 0) is 37.5 Å². The summed E-state index contributed by atoms with van der Waals surface area (Å²) in [6.45, 7) is 4.71. The van der Waals surface area contributed by atoms with Gasteiger partial charge in [-0.1, -0.05) is 17.7 Å². The van der Waals surface area contributed by atoms with Gasteiger partial charge in [-0.15, -0.1) is 0 Å². The molecule has 1 unspecified atom stereocenters. The van der Waals surface area contributed by atoms with Crippen molar-refractivity contribution in [1.29, 1.82) is 0 Å². The molecule has 1 aromatic carbocycles. The molecule has 1 aromatic rings. The predicted octanol–water partition coefficient (Wildman–Crippen LogP) is 2.85. The second-order valence-corrected chi connectivity index (χ2v) is 5.69. The molecule has 0 bridgehead atoms. The Morgan fingerprint density at radius 1 is 1.40 bits per heavy atom. The molecule has 1 aliphatic heterocycles. The van der Waals surface area contributed by atoms with E-state index >= 15 is 0 Å². The van der Waals surface area contributed by atoms with Crippen molar-refractivity contribution in [3.8, 4) is 0 Å². The first kappa shape index (κ1) is 14.9. The van der Waals surface area contributed by atoms with Crippen LogP contribution in [-0.4, -0.2) is 29.8 Å². The lowest BCUT2D eigenvalue weighted by Gasteiger charge is -2.31. The number of rotatable bonds is 2. The molecule has 1 N–H and O–H groups in total. The molecular formula is C15H19ClN2O2. The maximum Gasteiger partial charge on any atom is 0.229 e. The summed E-state index contributed by atoms with van der Waals surface area (Å²) in [5.74, 6) is -0.159. The Morgan fingerprint density at radius 3 is 2.85 bits per heavy atom. The standard InChI is InChI=1S/C15H19ClN2O2/c1-10-5-6-13(16)8-14(10)17-15(20)12-4-3-7-18(9-12)11(2)19/h5-6,8,12H,3-4,7,9H2,1-2H3,(H,17,20). The van der Waals surface area contributed by atoms with Gasteiger partial charge in [0.15, 0.2) is 0 Å². The van der Waals surface area contributed by atoms with Crippen LogP contribution in [-0.2, 0) is 9.59 Å². The lowest BCUT2D eigenvalue weighted by atomic mass is 9.97. The molecule has 0 saturated carbocycles. The molecule has 1 fully saturated rings. The van der Waals surface area contributed by atoms with Crippen LogP contribution in [0.4, 0.5) is 5.69 Å². The fraction of sp³-hybridized carbons (Fsp3) is 0.467. The van der Waals surface area contributed by atoms with Crippen molar-refractivity contribution in [3.05, 3.63) is 28.8 Å². The number of benzene rings is 1. The van der Waals surface area contributed by atoms with Gasteiger partial charge in [0.05, 0.1) is 5.92 Å². The van der Waals surface area contributed by atoms with E-state index in [2.05, 4.69) is 5.32 Å². The van der Waals surface area contributed by atoms with Crippen LogP contribution < -0.4 is 5.32 Å². The summed E-state index contributed by atoms with van der Waals surface area (Å²) in [5, 5.41) is 3.52. The van der Waals surface area contributed by atoms with Gasteiger partial charge in [0.2, 0.25) is 11.8 Å². The maximum atomic E-state index is 12.3. The Labute approximate surface area is 124 Å². The summed E-state index contributed by atoms with van der Waals surface area (Å²) < 4.78 is 0. The Hall–Kier alpha value is -1.55. The van der Waals surface area contributed by atoms with E-state index in [1.807, 2.05) is 13.0 Å². The molecular weight excluding hydrogens is 276 g/mol. The van der Waals surface area contributed by atoms with Gasteiger partial charge in [0, 0.05) is 30.7 Å². The number of carbonyl (C=O) groups excluding carboxylic acids is 2. The minimum Gasteiger partial charge on any atom is -0.342 e. The third kappa shape index (κ3) is 3.51. The zero-order valence-electron chi connectivity index (χ0n) is 11.8. The number of hydrogen-bond donors (Lipinski definition) is 1. The Bertz CT molecular complexity index is 531. The number of nitrogens with one attached hydrogen (secondary N) is 1. The molecule has 0 spiro atoms. The topological polar surface area (TPSA) is 49.4 Å². The summed E-state index contributed by atoms with van der Waals surface area (Å²) in [5.41, 5.74) is 1.71. The summed E-state index contributed by atoms with van der Waals surface area (Å²) in [6, 6.07) is 5.42. The van der Waals surface area contributed by atoms with Gasteiger partial charge in [-0.25, -0.2) is 0 Å². The first-order valence-corrected chi connectivity index (χ1v) is 7.17. The third-order valence-corrected chi connectivity index (χ3v) is 3.93. The van der Waals surface area contributed by atoms with Crippen LogP contribution in [0.25, 0.3) is 0 Å². The van der Waals surface area contributed by atoms with E-state index in [9.17, 15) is 9.59 Å². The molecule has 5 heteroatoms. The monoisotopic (exact) mass is 294 g/mol. The van der Waals surface area contributed by atoms with Gasteiger partial charge in [0.25, 0.3) is 0 Å². The zero-order chi connectivity index (χ0) is 14.7. The van der Waals surface area contributed by atoms with Crippen LogP contribution in [0.2, 0.25) is 5.02 Å². The van der Waals surface area contributed by atoms with Gasteiger partial charge in [-0.2, -0.15) is 0 Å². The van der Waals surface area contributed by atoms with E-state index in [1.54, 1.807) is 24.0 Å². The minimum absolute atomic E-state index is 0.0291. The highest BCUT2D eigenvalue weighted by atomic mass is 35.5. The average Bonchev–Trinajstić information content (AvgIpc) is 2.43. The van der Waals surface area contributed by atoms with Crippen molar-refractivity contribution >= 4 is 29.1 Å². The van der Waals surface area contributed by atoms with E-state index in [0.717, 1.165) is 30.6 Å². The van der Waals surface area contributed by atoms with E-state index in [1.165, 1.54) is 0 Å². The number of halogens is 1. The summed E-state index contributed by atoms with van der Waals surface area (Å²) in [4.78, 5) is 25.4. The smallest absolute Gasteiger partial charge is 0.229 e. The van der Waals surface area contributed by atoms with Crippen molar-refractivity contribution < 1.29 is 9.59 Å². The molecule has 0 radical (unpaired) electrons. The predicted molar refractivity (Wildman–Crippen MR) is 79.8 cm³/mol. The number of aryl methyl sites for hydroxylation is 1. The molecule has 108 valence electrons. The molecule has 2 amide bonds. The molecule has 4 nitrogen and oxygen atoms in total. The lowest BCUT2D eigenvalue weighted by molar-refractivity contribution is -0.132. The summed E-state index contributed by atoms with van der Waals surface area (Å²) in [6.07, 6.45) is 1.68. The highest BCUT2D eigenvalue weighted by molar-refractivity contribution is 6.31. The summed E-state index contributed by atoms with van der Waals surface area (Å²) >= 11 is 5.95. The number of anilines is 1. The lowest BCUT2D eigenvalue weighted by Crippen LogP contribution is -2.42. The molecule has 1 atom stereocenters. The number of likely N-dealkylation sites (tertiary alicyclic amines) is 1. The second kappa shape index (κ2) is 6.27. The van der Waals surface area contributed by atoms with Gasteiger partial charge in [-0.3, -0.25) is 9.59 Å². The molecule has 2 rings (SSSR count). The third-order valence-electron chi connectivity index (χ3n) is 3.69. The SMILES string of the molecule is CC(=O)N1CCCC(C(=O)Nc2cc(Cl)ccc2C)C1. The van der Waals surface area contributed by atoms with Crippen LogP contribution in [0.1, 0.15) is 25.3 Å². The van der Waals surface area contributed by atoms with Crippen LogP contribution >= 0.6 is 11.6 Å². The largest absolute Gasteiger partial charge is 0.342 e. The van der Waals surface area contributed by atoms with E-state index in [4.69, 9.17) is 11.6 Å². The van der Waals surface area contributed by atoms with Crippen LogP contribution in [0.15, 0.2) is 18.2 Å². The number of amides is 2. The number of hydrogen-bond acceptors (Lipinski definition) is 2. The Kier molecular flexibility index (Phi) is 4.65. The van der Waals surface area contributed by atoms with Crippen LogP contribution in [0, 0.1) is 12.8 Å². The van der Waals surface area contributed by atoms with Gasteiger partial charge in [0.1, 0.15) is 0 Å². The number of carbonyl (C=O) groups is 2. The normalized spacial score (nSPS) is 18.8. The van der Waals surface area contributed by atoms with Crippen LogP contribution in [0.5, 0.6) is 0 Å². The van der Waals surface area contributed by atoms with Crippen LogP contribution in [0.3, 0.4) is 0 Å². The highest BCUT2D eigenvalue weighted by Crippen LogP contribution is 2.23. The first-order valence-electron chi connectivity index (χ1n) is 6.80. The fourth-order valence-corrected chi connectivity index (χ4v) is 2.61. The first-order chi connectivity index (χ1) is 9.47. The maximum absolute atomic E-state index is 12.3. The number of nitrogens with zero attached hydrogens (tertiary/aromatic N) is 1. The quantitative estimate of drug-likeness (QED) is 0.912. The van der Waals surface area contributed by atoms with E-state index < -0.39 is 0 Å². The zero-order valence-corrected chi connectivity index (χ0v) is 12.5. The molecule has 1 heterocycles. The Morgan fingerprint density at radius 2 is 2.15 bits per heavy atom. The molecule has 1 saturated heterocycles. The molecule has 0 aliphatic carbocycles. The number of piperidine rings is 1. The Balaban J connectivity index is 2.04.